The summed E-state index contributed by atoms with van der Waals surface area (Å²) < 4.78 is 20.6. The van der Waals surface area contributed by atoms with Gasteiger partial charge in [0, 0.05) is 10.7 Å². The van der Waals surface area contributed by atoms with Gasteiger partial charge in [0.1, 0.15) is 5.56 Å². The molecule has 0 aliphatic heterocycles. The number of esters is 1. The monoisotopic (exact) mass is 450 g/mol. The Hall–Kier alpha value is -3.46. The molecule has 10 heteroatoms. The van der Waals surface area contributed by atoms with E-state index in [2.05, 4.69) is 10.6 Å². The molecule has 9 nitrogen and oxygen atoms in total. The van der Waals surface area contributed by atoms with Crippen molar-refractivity contribution < 1.29 is 33.3 Å². The van der Waals surface area contributed by atoms with Gasteiger partial charge in [-0.05, 0) is 36.8 Å². The van der Waals surface area contributed by atoms with Gasteiger partial charge in [0.15, 0.2) is 18.1 Å². The second-order valence-electron chi connectivity index (χ2n) is 6.20. The molecule has 2 aromatic carbocycles. The molecular weight excluding hydrogens is 428 g/mol. The van der Waals surface area contributed by atoms with Gasteiger partial charge in [-0.1, -0.05) is 17.7 Å². The van der Waals surface area contributed by atoms with E-state index in [1.807, 2.05) is 0 Å². The SMILES string of the molecule is COc1ccc(C(=O)OCC(=O)NCC(=O)Nc2cccc(Cl)c2C)c(OC)c1OC. The van der Waals surface area contributed by atoms with Gasteiger partial charge in [-0.25, -0.2) is 4.79 Å². The quantitative estimate of drug-likeness (QED) is 0.564. The highest BCUT2D eigenvalue weighted by atomic mass is 35.5. The Kier molecular flexibility index (Phi) is 8.51. The zero-order valence-electron chi connectivity index (χ0n) is 17.5. The summed E-state index contributed by atoms with van der Waals surface area (Å²) in [6.07, 6.45) is 0. The molecule has 2 rings (SSSR count). The van der Waals surface area contributed by atoms with Crippen LogP contribution in [0.1, 0.15) is 15.9 Å². The van der Waals surface area contributed by atoms with E-state index in [1.165, 1.54) is 33.5 Å². The van der Waals surface area contributed by atoms with Crippen LogP contribution in [0.25, 0.3) is 0 Å². The molecular formula is C21H23ClN2O7. The van der Waals surface area contributed by atoms with E-state index in [-0.39, 0.29) is 23.6 Å². The van der Waals surface area contributed by atoms with Crippen LogP contribution in [0.15, 0.2) is 30.3 Å². The molecule has 0 unspecified atom stereocenters. The molecule has 166 valence electrons. The molecule has 0 aliphatic rings. The van der Waals surface area contributed by atoms with Gasteiger partial charge in [0.05, 0.1) is 27.9 Å². The Balaban J connectivity index is 1.90. The summed E-state index contributed by atoms with van der Waals surface area (Å²) >= 11 is 6.01. The van der Waals surface area contributed by atoms with Crippen molar-refractivity contribution in [2.45, 2.75) is 6.92 Å². The van der Waals surface area contributed by atoms with E-state index in [9.17, 15) is 14.4 Å². The highest BCUT2D eigenvalue weighted by Gasteiger charge is 2.22. The molecule has 2 amide bonds. The number of amides is 2. The fourth-order valence-electron chi connectivity index (χ4n) is 2.64. The fraction of sp³-hybridized carbons (Fsp3) is 0.286. The van der Waals surface area contributed by atoms with Gasteiger partial charge in [0.2, 0.25) is 11.7 Å². The first-order valence-corrected chi connectivity index (χ1v) is 9.47. The molecule has 0 bridgehead atoms. The Morgan fingerprint density at radius 1 is 0.935 bits per heavy atom. The van der Waals surface area contributed by atoms with Crippen LogP contribution >= 0.6 is 11.6 Å². The standard InChI is InChI=1S/C21H23ClN2O7/c1-12-14(22)6-5-7-15(12)24-17(25)10-23-18(26)11-31-21(27)13-8-9-16(28-2)20(30-4)19(13)29-3/h5-9H,10-11H2,1-4H3,(H,23,26)(H,24,25). The van der Waals surface area contributed by atoms with Crippen molar-refractivity contribution in [2.24, 2.45) is 0 Å². The summed E-state index contributed by atoms with van der Waals surface area (Å²) in [5.74, 6) is -1.20. The highest BCUT2D eigenvalue weighted by molar-refractivity contribution is 6.31. The van der Waals surface area contributed by atoms with Crippen LogP contribution in [0.2, 0.25) is 5.02 Å². The molecule has 31 heavy (non-hydrogen) atoms. The van der Waals surface area contributed by atoms with Crippen molar-refractivity contribution >= 4 is 35.1 Å². The van der Waals surface area contributed by atoms with Crippen LogP contribution in [-0.4, -0.2) is 52.3 Å². The number of hydrogen-bond acceptors (Lipinski definition) is 7. The summed E-state index contributed by atoms with van der Waals surface area (Å²) in [7, 11) is 4.21. The average Bonchev–Trinajstić information content (AvgIpc) is 2.77. The van der Waals surface area contributed by atoms with Gasteiger partial charge in [-0.2, -0.15) is 0 Å². The van der Waals surface area contributed by atoms with Crippen molar-refractivity contribution in [3.8, 4) is 17.2 Å². The topological polar surface area (TPSA) is 112 Å². The summed E-state index contributed by atoms with van der Waals surface area (Å²) in [6, 6.07) is 8.04. The minimum absolute atomic E-state index is 0.0575. The number of hydrogen-bond donors (Lipinski definition) is 2. The van der Waals surface area contributed by atoms with Crippen LogP contribution in [0.5, 0.6) is 17.2 Å². The number of anilines is 1. The third-order valence-corrected chi connectivity index (χ3v) is 4.66. The van der Waals surface area contributed by atoms with Crippen molar-refractivity contribution in [1.82, 2.24) is 5.32 Å². The van der Waals surface area contributed by atoms with E-state index in [4.69, 9.17) is 30.5 Å². The third-order valence-electron chi connectivity index (χ3n) is 4.25. The summed E-state index contributed by atoms with van der Waals surface area (Å²) in [6.45, 7) is 0.875. The van der Waals surface area contributed by atoms with Crippen molar-refractivity contribution in [3.05, 3.63) is 46.5 Å². The maximum atomic E-state index is 12.4. The number of nitrogens with one attached hydrogen (secondary N) is 2. The molecule has 0 aliphatic carbocycles. The number of benzene rings is 2. The number of carbonyl (C=O) groups is 3. The number of halogens is 1. The number of methoxy groups -OCH3 is 3. The summed E-state index contributed by atoms with van der Waals surface area (Å²) in [5, 5.41) is 5.54. The minimum Gasteiger partial charge on any atom is -0.493 e. The number of rotatable bonds is 9. The molecule has 0 aromatic heterocycles. The summed E-state index contributed by atoms with van der Waals surface area (Å²) in [4.78, 5) is 36.4. The van der Waals surface area contributed by atoms with E-state index >= 15 is 0 Å². The highest BCUT2D eigenvalue weighted by Crippen LogP contribution is 2.39. The largest absolute Gasteiger partial charge is 0.493 e. The van der Waals surface area contributed by atoms with Gasteiger partial charge >= 0.3 is 5.97 Å². The molecule has 0 atom stereocenters. The van der Waals surface area contributed by atoms with E-state index < -0.39 is 24.4 Å². The predicted molar refractivity (Wildman–Crippen MR) is 114 cm³/mol. The molecule has 0 saturated heterocycles. The molecule has 0 heterocycles. The maximum Gasteiger partial charge on any atom is 0.342 e. The predicted octanol–water partition coefficient (Wildman–Crippen LogP) is 2.59. The van der Waals surface area contributed by atoms with Crippen molar-refractivity contribution in [3.63, 3.8) is 0 Å². The van der Waals surface area contributed by atoms with E-state index in [1.54, 1.807) is 25.1 Å². The first-order chi connectivity index (χ1) is 14.8. The Labute approximate surface area is 184 Å². The van der Waals surface area contributed by atoms with Crippen LogP contribution in [-0.2, 0) is 14.3 Å². The molecule has 0 fully saturated rings. The van der Waals surface area contributed by atoms with Crippen LogP contribution < -0.4 is 24.8 Å². The fourth-order valence-corrected chi connectivity index (χ4v) is 2.81. The Morgan fingerprint density at radius 2 is 1.65 bits per heavy atom. The first kappa shape index (κ1) is 23.8. The maximum absolute atomic E-state index is 12.4. The zero-order chi connectivity index (χ0) is 23.0. The average molecular weight is 451 g/mol. The number of carbonyl (C=O) groups excluding carboxylic acids is 3. The van der Waals surface area contributed by atoms with Gasteiger partial charge in [-0.15, -0.1) is 0 Å². The lowest BCUT2D eigenvalue weighted by Crippen LogP contribution is -2.35. The molecule has 0 saturated carbocycles. The van der Waals surface area contributed by atoms with E-state index in [0.717, 1.165) is 0 Å². The Morgan fingerprint density at radius 3 is 2.29 bits per heavy atom. The first-order valence-electron chi connectivity index (χ1n) is 9.10. The zero-order valence-corrected chi connectivity index (χ0v) is 18.3. The lowest BCUT2D eigenvalue weighted by atomic mass is 10.1. The lowest BCUT2D eigenvalue weighted by molar-refractivity contribution is -0.126. The van der Waals surface area contributed by atoms with Crippen LogP contribution in [0.3, 0.4) is 0 Å². The Bertz CT molecular complexity index is 978. The van der Waals surface area contributed by atoms with Gasteiger partial charge in [0.25, 0.3) is 5.91 Å². The third kappa shape index (κ3) is 6.02. The van der Waals surface area contributed by atoms with Gasteiger partial charge in [-0.3, -0.25) is 9.59 Å². The molecule has 0 spiro atoms. The van der Waals surface area contributed by atoms with Crippen LogP contribution in [0.4, 0.5) is 5.69 Å². The molecule has 2 aromatic rings. The van der Waals surface area contributed by atoms with Crippen LogP contribution in [0, 0.1) is 6.92 Å². The van der Waals surface area contributed by atoms with E-state index in [0.29, 0.717) is 22.0 Å². The second-order valence-corrected chi connectivity index (χ2v) is 6.60. The normalized spacial score (nSPS) is 10.1. The molecule has 0 radical (unpaired) electrons. The lowest BCUT2D eigenvalue weighted by Gasteiger charge is -2.15. The van der Waals surface area contributed by atoms with Crippen molar-refractivity contribution in [2.75, 3.05) is 39.8 Å². The van der Waals surface area contributed by atoms with Gasteiger partial charge < -0.3 is 29.6 Å². The summed E-state index contributed by atoms with van der Waals surface area (Å²) in [5.41, 5.74) is 1.31. The second kappa shape index (κ2) is 11.1. The number of ether oxygens (including phenoxy) is 4. The smallest absolute Gasteiger partial charge is 0.342 e. The molecule has 2 N–H and O–H groups in total. The minimum atomic E-state index is -0.799. The van der Waals surface area contributed by atoms with Crippen molar-refractivity contribution in [1.29, 1.82) is 0 Å².